The van der Waals surface area contributed by atoms with Crippen molar-refractivity contribution in [3.63, 3.8) is 0 Å². The van der Waals surface area contributed by atoms with E-state index in [1.807, 2.05) is 12.1 Å². The third-order valence-corrected chi connectivity index (χ3v) is 3.41. The van der Waals surface area contributed by atoms with Gasteiger partial charge in [0.1, 0.15) is 5.82 Å². The molecule has 1 aliphatic heterocycles. The van der Waals surface area contributed by atoms with Crippen LogP contribution in [-0.2, 0) is 6.42 Å². The highest BCUT2D eigenvalue weighted by Gasteiger charge is 2.14. The van der Waals surface area contributed by atoms with E-state index in [0.717, 1.165) is 43.7 Å². The third-order valence-electron chi connectivity index (χ3n) is 3.41. The molecule has 0 spiro atoms. The number of aryl methyl sites for hydroxylation is 1. The number of hydrogen-bond donors (Lipinski definition) is 1. The van der Waals surface area contributed by atoms with Crippen molar-refractivity contribution in [1.29, 1.82) is 0 Å². The first-order valence-electron chi connectivity index (χ1n) is 6.36. The van der Waals surface area contributed by atoms with Gasteiger partial charge in [-0.15, -0.1) is 0 Å². The van der Waals surface area contributed by atoms with Gasteiger partial charge in [-0.3, -0.25) is 0 Å². The molecule has 0 aromatic heterocycles. The Hall–Kier alpha value is -0.930. The van der Waals surface area contributed by atoms with Crippen molar-refractivity contribution >= 4 is 0 Å². The lowest BCUT2D eigenvalue weighted by Crippen LogP contribution is -2.49. The van der Waals surface area contributed by atoms with E-state index < -0.39 is 0 Å². The summed E-state index contributed by atoms with van der Waals surface area (Å²) < 4.78 is 13.4. The lowest BCUT2D eigenvalue weighted by molar-refractivity contribution is 0.209. The first-order valence-corrected chi connectivity index (χ1v) is 6.36. The molecule has 2 rings (SSSR count). The Kier molecular flexibility index (Phi) is 4.13. The van der Waals surface area contributed by atoms with Gasteiger partial charge in [0.2, 0.25) is 0 Å². The second kappa shape index (κ2) is 5.61. The second-order valence-corrected chi connectivity index (χ2v) is 4.99. The van der Waals surface area contributed by atoms with Crippen LogP contribution in [0.5, 0.6) is 0 Å². The van der Waals surface area contributed by atoms with Crippen molar-refractivity contribution in [1.82, 2.24) is 10.2 Å². The van der Waals surface area contributed by atoms with Gasteiger partial charge >= 0.3 is 0 Å². The number of halogens is 1. The number of benzene rings is 1. The largest absolute Gasteiger partial charge is 0.312 e. The molecule has 1 saturated heterocycles. The SMILES string of the molecule is Cc1ccc(CCN2CCN[C@H](C)C2)cc1F. The monoisotopic (exact) mass is 236 g/mol. The molecule has 2 nitrogen and oxygen atoms in total. The molecule has 1 fully saturated rings. The lowest BCUT2D eigenvalue weighted by Gasteiger charge is -2.31. The zero-order valence-corrected chi connectivity index (χ0v) is 10.7. The smallest absolute Gasteiger partial charge is 0.126 e. The molecule has 1 N–H and O–H groups in total. The Morgan fingerprint density at radius 2 is 2.29 bits per heavy atom. The molecular weight excluding hydrogens is 215 g/mol. The maximum absolute atomic E-state index is 13.4. The molecule has 1 atom stereocenters. The highest BCUT2D eigenvalue weighted by Crippen LogP contribution is 2.10. The summed E-state index contributed by atoms with van der Waals surface area (Å²) in [7, 11) is 0. The van der Waals surface area contributed by atoms with Gasteiger partial charge in [-0.25, -0.2) is 4.39 Å². The molecule has 0 bridgehead atoms. The zero-order valence-electron chi connectivity index (χ0n) is 10.7. The molecule has 0 unspecified atom stereocenters. The van der Waals surface area contributed by atoms with Crippen LogP contribution in [-0.4, -0.2) is 37.1 Å². The second-order valence-electron chi connectivity index (χ2n) is 4.99. The molecule has 3 heteroatoms. The summed E-state index contributed by atoms with van der Waals surface area (Å²) in [5.74, 6) is -0.0869. The van der Waals surface area contributed by atoms with Gasteiger partial charge in [0.25, 0.3) is 0 Å². The van der Waals surface area contributed by atoms with E-state index in [9.17, 15) is 4.39 Å². The Morgan fingerprint density at radius 3 is 3.00 bits per heavy atom. The fourth-order valence-corrected chi connectivity index (χ4v) is 2.29. The number of hydrogen-bond acceptors (Lipinski definition) is 2. The predicted molar refractivity (Wildman–Crippen MR) is 68.7 cm³/mol. The zero-order chi connectivity index (χ0) is 12.3. The van der Waals surface area contributed by atoms with Crippen LogP contribution in [0.2, 0.25) is 0 Å². The Morgan fingerprint density at radius 1 is 1.47 bits per heavy atom. The molecule has 0 radical (unpaired) electrons. The van der Waals surface area contributed by atoms with Crippen molar-refractivity contribution in [2.45, 2.75) is 26.3 Å². The van der Waals surface area contributed by atoms with Crippen LogP contribution in [0.15, 0.2) is 18.2 Å². The van der Waals surface area contributed by atoms with Gasteiger partial charge in [-0.05, 0) is 37.5 Å². The molecule has 1 heterocycles. The predicted octanol–water partition coefficient (Wildman–Crippen LogP) is 1.97. The van der Waals surface area contributed by atoms with Gasteiger partial charge in [0, 0.05) is 32.2 Å². The Bertz CT molecular complexity index is 378. The number of rotatable bonds is 3. The topological polar surface area (TPSA) is 15.3 Å². The van der Waals surface area contributed by atoms with E-state index in [4.69, 9.17) is 0 Å². The van der Waals surface area contributed by atoms with Gasteiger partial charge in [0.15, 0.2) is 0 Å². The van der Waals surface area contributed by atoms with E-state index >= 15 is 0 Å². The first-order chi connectivity index (χ1) is 8.15. The summed E-state index contributed by atoms with van der Waals surface area (Å²) in [6, 6.07) is 6.13. The van der Waals surface area contributed by atoms with Gasteiger partial charge in [0.05, 0.1) is 0 Å². The molecule has 94 valence electrons. The summed E-state index contributed by atoms with van der Waals surface area (Å²) in [4.78, 5) is 2.44. The standard InChI is InChI=1S/C14H21FN2/c1-11-3-4-13(9-14(11)15)5-7-17-8-6-16-12(2)10-17/h3-4,9,12,16H,5-8,10H2,1-2H3/t12-/m1/s1. The highest BCUT2D eigenvalue weighted by atomic mass is 19.1. The van der Waals surface area contributed by atoms with Crippen molar-refractivity contribution < 1.29 is 4.39 Å². The van der Waals surface area contributed by atoms with Gasteiger partial charge in [-0.2, -0.15) is 0 Å². The lowest BCUT2D eigenvalue weighted by atomic mass is 10.1. The fourth-order valence-electron chi connectivity index (χ4n) is 2.29. The minimum Gasteiger partial charge on any atom is -0.312 e. The number of nitrogens with one attached hydrogen (secondary N) is 1. The van der Waals surface area contributed by atoms with Crippen LogP contribution >= 0.6 is 0 Å². The molecule has 0 amide bonds. The van der Waals surface area contributed by atoms with E-state index in [0.29, 0.717) is 6.04 Å². The maximum atomic E-state index is 13.4. The van der Waals surface area contributed by atoms with E-state index in [-0.39, 0.29) is 5.82 Å². The van der Waals surface area contributed by atoms with Crippen LogP contribution in [0.4, 0.5) is 4.39 Å². The molecule has 1 aromatic carbocycles. The minimum atomic E-state index is -0.0869. The van der Waals surface area contributed by atoms with Crippen LogP contribution < -0.4 is 5.32 Å². The molecule has 0 aliphatic carbocycles. The summed E-state index contributed by atoms with van der Waals surface area (Å²) in [6.45, 7) is 8.28. The Labute approximate surface area is 103 Å². The summed E-state index contributed by atoms with van der Waals surface area (Å²) in [5.41, 5.74) is 1.82. The van der Waals surface area contributed by atoms with Crippen LogP contribution in [0.3, 0.4) is 0 Å². The minimum absolute atomic E-state index is 0.0869. The van der Waals surface area contributed by atoms with Crippen molar-refractivity contribution in [2.75, 3.05) is 26.2 Å². The molecular formula is C14H21FN2. The maximum Gasteiger partial charge on any atom is 0.126 e. The first kappa shape index (κ1) is 12.5. The van der Waals surface area contributed by atoms with Gasteiger partial charge in [-0.1, -0.05) is 12.1 Å². The molecule has 17 heavy (non-hydrogen) atoms. The van der Waals surface area contributed by atoms with E-state index in [1.165, 1.54) is 0 Å². The third kappa shape index (κ3) is 3.51. The van der Waals surface area contributed by atoms with Crippen molar-refractivity contribution in [3.05, 3.63) is 35.1 Å². The molecule has 0 saturated carbocycles. The number of piperazine rings is 1. The molecule has 1 aliphatic rings. The van der Waals surface area contributed by atoms with E-state index in [1.54, 1.807) is 13.0 Å². The molecule has 1 aromatic rings. The summed E-state index contributed by atoms with van der Waals surface area (Å²) in [5, 5.41) is 3.43. The van der Waals surface area contributed by atoms with Crippen LogP contribution in [0.1, 0.15) is 18.1 Å². The average Bonchev–Trinajstić information content (AvgIpc) is 2.31. The van der Waals surface area contributed by atoms with Crippen molar-refractivity contribution in [2.24, 2.45) is 0 Å². The summed E-state index contributed by atoms with van der Waals surface area (Å²) >= 11 is 0. The van der Waals surface area contributed by atoms with Crippen LogP contribution in [0, 0.1) is 12.7 Å². The van der Waals surface area contributed by atoms with Crippen molar-refractivity contribution in [3.8, 4) is 0 Å². The fraction of sp³-hybridized carbons (Fsp3) is 0.571. The van der Waals surface area contributed by atoms with E-state index in [2.05, 4.69) is 17.1 Å². The summed E-state index contributed by atoms with van der Waals surface area (Å²) in [6.07, 6.45) is 0.934. The average molecular weight is 236 g/mol. The van der Waals surface area contributed by atoms with Crippen LogP contribution in [0.25, 0.3) is 0 Å². The Balaban J connectivity index is 1.86. The quantitative estimate of drug-likeness (QED) is 0.863. The van der Waals surface area contributed by atoms with Gasteiger partial charge < -0.3 is 10.2 Å². The normalized spacial score (nSPS) is 21.7. The highest BCUT2D eigenvalue weighted by molar-refractivity contribution is 5.23. The number of nitrogens with zero attached hydrogens (tertiary/aromatic N) is 1.